The lowest BCUT2D eigenvalue weighted by molar-refractivity contribution is -0.131. The third-order valence-corrected chi connectivity index (χ3v) is 4.27. The molecule has 0 aromatic carbocycles. The fraction of sp³-hybridized carbons (Fsp3) is 0.412. The van der Waals surface area contributed by atoms with E-state index in [1.165, 1.54) is 0 Å². The molecule has 0 saturated carbocycles. The number of carbonyl (C=O) groups is 2. The van der Waals surface area contributed by atoms with Crippen LogP contribution >= 0.6 is 0 Å². The van der Waals surface area contributed by atoms with Crippen molar-refractivity contribution < 1.29 is 9.59 Å². The summed E-state index contributed by atoms with van der Waals surface area (Å²) >= 11 is 0. The second kappa shape index (κ2) is 7.25. The highest BCUT2D eigenvalue weighted by Crippen LogP contribution is 2.26. The predicted molar refractivity (Wildman–Crippen MR) is 87.9 cm³/mol. The summed E-state index contributed by atoms with van der Waals surface area (Å²) in [7, 11) is 0. The molecule has 1 fully saturated rings. The summed E-state index contributed by atoms with van der Waals surface area (Å²) in [4.78, 5) is 34.2. The third kappa shape index (κ3) is 3.79. The first kappa shape index (κ1) is 16.2. The molecule has 0 spiro atoms. The molecule has 2 aromatic heterocycles. The Bertz CT molecular complexity index is 713. The molecule has 0 radical (unpaired) electrons. The van der Waals surface area contributed by atoms with Gasteiger partial charge >= 0.3 is 0 Å². The first-order valence-electron chi connectivity index (χ1n) is 8.10. The van der Waals surface area contributed by atoms with Gasteiger partial charge in [-0.25, -0.2) is 4.98 Å². The molecule has 24 heavy (non-hydrogen) atoms. The molecule has 0 bridgehead atoms. The highest BCUT2D eigenvalue weighted by atomic mass is 16.2. The zero-order valence-corrected chi connectivity index (χ0v) is 13.5. The van der Waals surface area contributed by atoms with Crippen LogP contribution in [0.1, 0.15) is 30.3 Å². The number of nitrogens with zero attached hydrogens (tertiary/aromatic N) is 4. The molecule has 1 aliphatic rings. The van der Waals surface area contributed by atoms with Gasteiger partial charge in [0.1, 0.15) is 12.4 Å². The minimum Gasteiger partial charge on any atom is -0.368 e. The van der Waals surface area contributed by atoms with Crippen LogP contribution in [0.2, 0.25) is 0 Å². The Kier molecular flexibility index (Phi) is 4.88. The standard InChI is InChI=1S/C17H21N5O2/c18-15(23)12-22-9-7-20-17(22)13-4-3-8-21(11-13)16(24)10-14-5-1-2-6-19-14/h1-2,5-7,9,13H,3-4,8,10-12H2,(H2,18,23)/t13-/m0/s1. The van der Waals surface area contributed by atoms with Gasteiger partial charge in [0, 0.05) is 43.3 Å². The van der Waals surface area contributed by atoms with Crippen molar-refractivity contribution in [1.29, 1.82) is 0 Å². The number of imidazole rings is 1. The average molecular weight is 327 g/mol. The van der Waals surface area contributed by atoms with Crippen LogP contribution in [0.15, 0.2) is 36.8 Å². The van der Waals surface area contributed by atoms with Gasteiger partial charge in [-0.1, -0.05) is 6.07 Å². The molecule has 2 aromatic rings. The number of amides is 2. The van der Waals surface area contributed by atoms with Crippen molar-refractivity contribution in [2.24, 2.45) is 5.73 Å². The Morgan fingerprint density at radius 3 is 2.88 bits per heavy atom. The number of hydrogen-bond acceptors (Lipinski definition) is 4. The molecule has 1 saturated heterocycles. The van der Waals surface area contributed by atoms with Crippen molar-refractivity contribution in [3.8, 4) is 0 Å². The van der Waals surface area contributed by atoms with Gasteiger partial charge in [0.2, 0.25) is 11.8 Å². The van der Waals surface area contributed by atoms with Crippen LogP contribution in [0.25, 0.3) is 0 Å². The van der Waals surface area contributed by atoms with Gasteiger partial charge in [0.25, 0.3) is 0 Å². The predicted octanol–water partition coefficient (Wildman–Crippen LogP) is 0.712. The second-order valence-corrected chi connectivity index (χ2v) is 6.06. The number of primary amides is 1. The second-order valence-electron chi connectivity index (χ2n) is 6.06. The topological polar surface area (TPSA) is 94.1 Å². The molecule has 3 rings (SSSR count). The lowest BCUT2D eigenvalue weighted by atomic mass is 9.96. The van der Waals surface area contributed by atoms with Crippen LogP contribution in [-0.4, -0.2) is 44.3 Å². The summed E-state index contributed by atoms with van der Waals surface area (Å²) in [5.74, 6) is 0.629. The molecular formula is C17H21N5O2. The molecule has 2 N–H and O–H groups in total. The van der Waals surface area contributed by atoms with E-state index in [0.29, 0.717) is 13.0 Å². The summed E-state index contributed by atoms with van der Waals surface area (Å²) in [6.45, 7) is 1.48. The first-order chi connectivity index (χ1) is 11.6. The maximum atomic E-state index is 12.5. The molecule has 126 valence electrons. The molecule has 7 nitrogen and oxygen atoms in total. The summed E-state index contributed by atoms with van der Waals surface area (Å²) in [5.41, 5.74) is 6.06. The Hall–Kier alpha value is -2.70. The maximum absolute atomic E-state index is 12.5. The van der Waals surface area contributed by atoms with E-state index in [0.717, 1.165) is 30.9 Å². The summed E-state index contributed by atoms with van der Waals surface area (Å²) in [6.07, 6.45) is 7.30. The van der Waals surface area contributed by atoms with Crippen LogP contribution in [-0.2, 0) is 22.6 Å². The van der Waals surface area contributed by atoms with Crippen LogP contribution in [0.5, 0.6) is 0 Å². The van der Waals surface area contributed by atoms with Gasteiger partial charge in [-0.05, 0) is 25.0 Å². The highest BCUT2D eigenvalue weighted by Gasteiger charge is 2.27. The molecule has 1 aliphatic heterocycles. The fourth-order valence-corrected chi connectivity index (χ4v) is 3.17. The maximum Gasteiger partial charge on any atom is 0.237 e. The van der Waals surface area contributed by atoms with Gasteiger partial charge in [-0.15, -0.1) is 0 Å². The van der Waals surface area contributed by atoms with E-state index in [-0.39, 0.29) is 18.4 Å². The van der Waals surface area contributed by atoms with Crippen LogP contribution in [0.3, 0.4) is 0 Å². The monoisotopic (exact) mass is 327 g/mol. The van der Waals surface area contributed by atoms with Gasteiger partial charge in [0.15, 0.2) is 0 Å². The quantitative estimate of drug-likeness (QED) is 0.875. The number of piperidine rings is 1. The Morgan fingerprint density at radius 2 is 2.12 bits per heavy atom. The normalized spacial score (nSPS) is 17.7. The average Bonchev–Trinajstić information content (AvgIpc) is 3.03. The van der Waals surface area contributed by atoms with Crippen molar-refractivity contribution in [2.75, 3.05) is 13.1 Å². The van der Waals surface area contributed by atoms with Crippen molar-refractivity contribution in [3.05, 3.63) is 48.3 Å². The Morgan fingerprint density at radius 1 is 1.25 bits per heavy atom. The number of rotatable bonds is 5. The van der Waals surface area contributed by atoms with Crippen molar-refractivity contribution in [3.63, 3.8) is 0 Å². The summed E-state index contributed by atoms with van der Waals surface area (Å²) in [5, 5.41) is 0. The number of carbonyl (C=O) groups excluding carboxylic acids is 2. The summed E-state index contributed by atoms with van der Waals surface area (Å²) in [6, 6.07) is 5.58. The van der Waals surface area contributed by atoms with E-state index in [4.69, 9.17) is 5.73 Å². The molecule has 0 aliphatic carbocycles. The van der Waals surface area contributed by atoms with Gasteiger partial charge in [-0.3, -0.25) is 14.6 Å². The van der Waals surface area contributed by atoms with E-state index < -0.39 is 5.91 Å². The Balaban J connectivity index is 1.67. The van der Waals surface area contributed by atoms with E-state index >= 15 is 0 Å². The Labute approximate surface area is 140 Å². The number of hydrogen-bond donors (Lipinski definition) is 1. The molecule has 2 amide bonds. The minimum atomic E-state index is -0.395. The molecule has 3 heterocycles. The van der Waals surface area contributed by atoms with E-state index in [2.05, 4.69) is 9.97 Å². The molecule has 0 unspecified atom stereocenters. The lowest BCUT2D eigenvalue weighted by Crippen LogP contribution is -2.40. The number of nitrogens with two attached hydrogens (primary N) is 1. The fourth-order valence-electron chi connectivity index (χ4n) is 3.17. The zero-order chi connectivity index (χ0) is 16.9. The van der Waals surface area contributed by atoms with E-state index in [1.54, 1.807) is 23.2 Å². The SMILES string of the molecule is NC(=O)Cn1ccnc1[C@H]1CCCN(C(=O)Cc2ccccn2)C1. The third-order valence-electron chi connectivity index (χ3n) is 4.27. The smallest absolute Gasteiger partial charge is 0.237 e. The molecule has 7 heteroatoms. The van der Waals surface area contributed by atoms with Crippen LogP contribution < -0.4 is 5.73 Å². The minimum absolute atomic E-state index is 0.0754. The number of pyridine rings is 1. The molecular weight excluding hydrogens is 306 g/mol. The largest absolute Gasteiger partial charge is 0.368 e. The van der Waals surface area contributed by atoms with E-state index in [1.807, 2.05) is 23.1 Å². The van der Waals surface area contributed by atoms with Crippen LogP contribution in [0.4, 0.5) is 0 Å². The first-order valence-corrected chi connectivity index (χ1v) is 8.10. The van der Waals surface area contributed by atoms with Crippen molar-refractivity contribution in [1.82, 2.24) is 19.4 Å². The summed E-state index contributed by atoms with van der Waals surface area (Å²) < 4.78 is 1.78. The van der Waals surface area contributed by atoms with Crippen LogP contribution in [0, 0.1) is 0 Å². The van der Waals surface area contributed by atoms with E-state index in [9.17, 15) is 9.59 Å². The van der Waals surface area contributed by atoms with Crippen molar-refractivity contribution >= 4 is 11.8 Å². The number of likely N-dealkylation sites (tertiary alicyclic amines) is 1. The van der Waals surface area contributed by atoms with Gasteiger partial charge < -0.3 is 15.2 Å². The zero-order valence-electron chi connectivity index (χ0n) is 13.5. The van der Waals surface area contributed by atoms with Gasteiger partial charge in [-0.2, -0.15) is 0 Å². The van der Waals surface area contributed by atoms with Crippen molar-refractivity contribution in [2.45, 2.75) is 31.7 Å². The highest BCUT2D eigenvalue weighted by molar-refractivity contribution is 5.78. The molecule has 1 atom stereocenters. The lowest BCUT2D eigenvalue weighted by Gasteiger charge is -2.32. The number of aromatic nitrogens is 3. The van der Waals surface area contributed by atoms with Gasteiger partial charge in [0.05, 0.1) is 6.42 Å².